The van der Waals surface area contributed by atoms with E-state index < -0.39 is 0 Å². The van der Waals surface area contributed by atoms with Crippen LogP contribution in [0.4, 0.5) is 17.2 Å². The molecule has 5 rings (SSSR count). The van der Waals surface area contributed by atoms with Gasteiger partial charge in [-0.05, 0) is 48.9 Å². The highest BCUT2D eigenvalue weighted by molar-refractivity contribution is 6.05. The lowest BCUT2D eigenvalue weighted by Crippen LogP contribution is -2.13. The SMILES string of the molecule is CCCc1cc(Nc2cccc(C(=O)Nc3ccccc3OC)c2)n2nc(-c3cccnc3)nc2n1. The second-order valence-corrected chi connectivity index (χ2v) is 8.13. The standard InChI is InChI=1S/C27H25N7O2/c1-3-8-20-16-24(34-27(30-20)32-25(33-34)19-10-7-14-28-17-19)29-21-11-6-9-18(15-21)26(35)31-22-12-4-5-13-23(22)36-2/h4-7,9-17,29H,3,8H2,1-2H3,(H,31,35). The number of pyridine rings is 1. The number of amides is 1. The Morgan fingerprint density at radius 1 is 1.03 bits per heavy atom. The molecule has 0 bridgehead atoms. The molecule has 0 atom stereocenters. The molecule has 36 heavy (non-hydrogen) atoms. The molecule has 9 heteroatoms. The molecule has 9 nitrogen and oxygen atoms in total. The number of fused-ring (bicyclic) bond motifs is 1. The van der Waals surface area contributed by atoms with Crippen molar-refractivity contribution in [3.63, 3.8) is 0 Å². The number of nitrogens with one attached hydrogen (secondary N) is 2. The Balaban J connectivity index is 1.46. The van der Waals surface area contributed by atoms with Gasteiger partial charge in [-0.1, -0.05) is 31.5 Å². The highest BCUT2D eigenvalue weighted by Gasteiger charge is 2.14. The highest BCUT2D eigenvalue weighted by Crippen LogP contribution is 2.25. The molecular formula is C27H25N7O2. The molecule has 0 radical (unpaired) electrons. The Morgan fingerprint density at radius 3 is 2.72 bits per heavy atom. The zero-order valence-electron chi connectivity index (χ0n) is 20.0. The highest BCUT2D eigenvalue weighted by atomic mass is 16.5. The molecule has 0 aliphatic carbocycles. The molecule has 3 heterocycles. The topological polar surface area (TPSA) is 106 Å². The fourth-order valence-corrected chi connectivity index (χ4v) is 3.84. The van der Waals surface area contributed by atoms with Crippen molar-refractivity contribution >= 4 is 28.9 Å². The number of ether oxygens (including phenoxy) is 1. The van der Waals surface area contributed by atoms with Gasteiger partial charge in [-0.15, -0.1) is 5.10 Å². The molecule has 0 spiro atoms. The van der Waals surface area contributed by atoms with Crippen LogP contribution in [0.3, 0.4) is 0 Å². The lowest BCUT2D eigenvalue weighted by molar-refractivity contribution is 0.102. The van der Waals surface area contributed by atoms with E-state index in [4.69, 9.17) is 4.74 Å². The Kier molecular flexibility index (Phi) is 6.53. The number of rotatable bonds is 8. The van der Waals surface area contributed by atoms with E-state index in [2.05, 4.69) is 37.6 Å². The van der Waals surface area contributed by atoms with Crippen molar-refractivity contribution in [3.05, 3.63) is 90.4 Å². The number of aryl methyl sites for hydroxylation is 1. The maximum absolute atomic E-state index is 13.0. The number of nitrogens with zero attached hydrogens (tertiary/aromatic N) is 5. The van der Waals surface area contributed by atoms with Gasteiger partial charge in [0.05, 0.1) is 12.8 Å². The van der Waals surface area contributed by atoms with Crippen LogP contribution in [0.5, 0.6) is 5.75 Å². The second kappa shape index (κ2) is 10.2. The van der Waals surface area contributed by atoms with Gasteiger partial charge >= 0.3 is 0 Å². The summed E-state index contributed by atoms with van der Waals surface area (Å²) in [6.45, 7) is 2.10. The number of para-hydroxylation sites is 2. The van der Waals surface area contributed by atoms with E-state index in [-0.39, 0.29) is 5.91 Å². The molecule has 0 aliphatic heterocycles. The predicted octanol–water partition coefficient (Wildman–Crippen LogP) is 5.14. The lowest BCUT2D eigenvalue weighted by atomic mass is 10.1. The number of hydrogen-bond donors (Lipinski definition) is 2. The first-order valence-corrected chi connectivity index (χ1v) is 11.6. The third-order valence-electron chi connectivity index (χ3n) is 5.54. The molecular weight excluding hydrogens is 454 g/mol. The van der Waals surface area contributed by atoms with Gasteiger partial charge in [0.15, 0.2) is 5.82 Å². The van der Waals surface area contributed by atoms with Gasteiger partial charge in [0.2, 0.25) is 0 Å². The average molecular weight is 480 g/mol. The van der Waals surface area contributed by atoms with E-state index >= 15 is 0 Å². The molecule has 0 saturated heterocycles. The van der Waals surface area contributed by atoms with E-state index in [0.29, 0.717) is 34.4 Å². The van der Waals surface area contributed by atoms with Crippen molar-refractivity contribution in [1.82, 2.24) is 24.6 Å². The van der Waals surface area contributed by atoms with Gasteiger partial charge in [0.1, 0.15) is 11.6 Å². The molecule has 2 N–H and O–H groups in total. The molecule has 0 unspecified atom stereocenters. The van der Waals surface area contributed by atoms with E-state index in [9.17, 15) is 4.79 Å². The van der Waals surface area contributed by atoms with Crippen LogP contribution in [-0.2, 0) is 6.42 Å². The van der Waals surface area contributed by atoms with E-state index in [0.717, 1.165) is 29.8 Å². The number of aromatic nitrogens is 5. The zero-order valence-corrected chi connectivity index (χ0v) is 20.0. The molecule has 2 aromatic carbocycles. The summed E-state index contributed by atoms with van der Waals surface area (Å²) in [5.74, 6) is 2.09. The quantitative estimate of drug-likeness (QED) is 0.317. The van der Waals surface area contributed by atoms with Crippen LogP contribution in [0.25, 0.3) is 17.2 Å². The van der Waals surface area contributed by atoms with Crippen LogP contribution in [0.2, 0.25) is 0 Å². The molecule has 5 aromatic rings. The first kappa shape index (κ1) is 23.0. The van der Waals surface area contributed by atoms with Crippen molar-refractivity contribution in [2.45, 2.75) is 19.8 Å². The van der Waals surface area contributed by atoms with Crippen molar-refractivity contribution in [1.29, 1.82) is 0 Å². The second-order valence-electron chi connectivity index (χ2n) is 8.13. The van der Waals surface area contributed by atoms with Crippen LogP contribution in [0.1, 0.15) is 29.4 Å². The van der Waals surface area contributed by atoms with Crippen LogP contribution in [0, 0.1) is 0 Å². The number of carbonyl (C=O) groups excluding carboxylic acids is 1. The van der Waals surface area contributed by atoms with Gasteiger partial charge < -0.3 is 15.4 Å². The minimum Gasteiger partial charge on any atom is -0.495 e. The predicted molar refractivity (Wildman–Crippen MR) is 139 cm³/mol. The Morgan fingerprint density at radius 2 is 1.92 bits per heavy atom. The normalized spacial score (nSPS) is 10.8. The maximum atomic E-state index is 13.0. The summed E-state index contributed by atoms with van der Waals surface area (Å²) in [5, 5.41) is 11.0. The van der Waals surface area contributed by atoms with E-state index in [1.807, 2.05) is 42.5 Å². The molecule has 0 saturated carbocycles. The van der Waals surface area contributed by atoms with E-state index in [1.54, 1.807) is 48.3 Å². The number of benzene rings is 2. The van der Waals surface area contributed by atoms with Crippen molar-refractivity contribution in [2.75, 3.05) is 17.7 Å². The number of anilines is 3. The Bertz CT molecular complexity index is 1520. The Labute approximate surface area is 208 Å². The van der Waals surface area contributed by atoms with Crippen LogP contribution in [-0.4, -0.2) is 37.6 Å². The van der Waals surface area contributed by atoms with Crippen molar-refractivity contribution < 1.29 is 9.53 Å². The Hall–Kier alpha value is -4.79. The minimum absolute atomic E-state index is 0.241. The first-order chi connectivity index (χ1) is 17.6. The molecule has 0 fully saturated rings. The van der Waals surface area contributed by atoms with Crippen LogP contribution >= 0.6 is 0 Å². The van der Waals surface area contributed by atoms with Gasteiger partial charge in [0, 0.05) is 41.0 Å². The lowest BCUT2D eigenvalue weighted by Gasteiger charge is -2.12. The first-order valence-electron chi connectivity index (χ1n) is 11.6. The van der Waals surface area contributed by atoms with Crippen molar-refractivity contribution in [2.24, 2.45) is 0 Å². The minimum atomic E-state index is -0.241. The number of methoxy groups -OCH3 is 1. The van der Waals surface area contributed by atoms with Gasteiger partial charge in [-0.3, -0.25) is 9.78 Å². The summed E-state index contributed by atoms with van der Waals surface area (Å²) in [6, 6.07) is 20.3. The van der Waals surface area contributed by atoms with Gasteiger partial charge in [0.25, 0.3) is 11.7 Å². The number of hydrogen-bond acceptors (Lipinski definition) is 7. The summed E-state index contributed by atoms with van der Waals surface area (Å²) < 4.78 is 7.01. The average Bonchev–Trinajstić information content (AvgIpc) is 3.34. The largest absolute Gasteiger partial charge is 0.495 e. The molecule has 180 valence electrons. The van der Waals surface area contributed by atoms with E-state index in [1.165, 1.54) is 0 Å². The third kappa shape index (κ3) is 4.85. The summed E-state index contributed by atoms with van der Waals surface area (Å²) in [4.78, 5) is 26.4. The molecule has 3 aromatic heterocycles. The molecule has 0 aliphatic rings. The van der Waals surface area contributed by atoms with Gasteiger partial charge in [-0.2, -0.15) is 9.50 Å². The van der Waals surface area contributed by atoms with Crippen LogP contribution in [0.15, 0.2) is 79.1 Å². The van der Waals surface area contributed by atoms with Crippen LogP contribution < -0.4 is 15.4 Å². The molecule has 1 amide bonds. The summed E-state index contributed by atoms with van der Waals surface area (Å²) in [5.41, 5.74) is 3.55. The summed E-state index contributed by atoms with van der Waals surface area (Å²) >= 11 is 0. The van der Waals surface area contributed by atoms with Gasteiger partial charge in [-0.25, -0.2) is 4.98 Å². The zero-order chi connectivity index (χ0) is 24.9. The smallest absolute Gasteiger partial charge is 0.255 e. The third-order valence-corrected chi connectivity index (χ3v) is 5.54. The number of carbonyl (C=O) groups is 1. The maximum Gasteiger partial charge on any atom is 0.255 e. The fourth-order valence-electron chi connectivity index (χ4n) is 3.84. The monoisotopic (exact) mass is 479 g/mol. The fraction of sp³-hybridized carbons (Fsp3) is 0.148. The summed E-state index contributed by atoms with van der Waals surface area (Å²) in [6.07, 6.45) is 5.19. The summed E-state index contributed by atoms with van der Waals surface area (Å²) in [7, 11) is 1.57. The van der Waals surface area contributed by atoms with Crippen molar-refractivity contribution in [3.8, 4) is 17.1 Å².